The number of nitrogens with one attached hydrogen (secondary N) is 1. The Morgan fingerprint density at radius 2 is 1.84 bits per heavy atom. The molecule has 3 aromatic rings. The Labute approximate surface area is 186 Å². The second-order valence-corrected chi connectivity index (χ2v) is 9.04. The van der Waals surface area contributed by atoms with Crippen LogP contribution in [0.5, 0.6) is 0 Å². The van der Waals surface area contributed by atoms with Crippen LogP contribution in [0, 0.1) is 0 Å². The maximum absolute atomic E-state index is 12.8. The van der Waals surface area contributed by atoms with E-state index in [1.165, 1.54) is 0 Å². The summed E-state index contributed by atoms with van der Waals surface area (Å²) in [5, 5.41) is 3.87. The maximum atomic E-state index is 12.8. The van der Waals surface area contributed by atoms with Crippen molar-refractivity contribution in [2.24, 2.45) is 7.05 Å². The Hall–Kier alpha value is -2.58. The molecule has 1 saturated carbocycles. The number of halogens is 1. The summed E-state index contributed by atoms with van der Waals surface area (Å²) >= 11 is 6.60. The zero-order chi connectivity index (χ0) is 21.5. The average Bonchev–Trinajstić information content (AvgIpc) is 3.37. The molecule has 31 heavy (non-hydrogen) atoms. The van der Waals surface area contributed by atoms with Gasteiger partial charge in [-0.3, -0.25) is 9.13 Å². The number of hydrogen-bond acceptors (Lipinski definition) is 6. The summed E-state index contributed by atoms with van der Waals surface area (Å²) in [7, 11) is 3.92. The number of rotatable bonds is 4. The van der Waals surface area contributed by atoms with Crippen LogP contribution < -0.4 is 15.9 Å². The molecule has 0 spiro atoms. The van der Waals surface area contributed by atoms with Crippen molar-refractivity contribution >= 4 is 40.1 Å². The zero-order valence-corrected chi connectivity index (χ0v) is 18.8. The van der Waals surface area contributed by atoms with Gasteiger partial charge < -0.3 is 15.1 Å². The SMILES string of the molecule is CN1CCN(c2ccc(Nc3ncc4c(n3)n(C3CCCC3)c(=O)n4C)c(Cl)c2)CC1. The lowest BCUT2D eigenvalue weighted by atomic mass is 10.2. The lowest BCUT2D eigenvalue weighted by molar-refractivity contribution is 0.313. The van der Waals surface area contributed by atoms with Gasteiger partial charge in [-0.25, -0.2) is 9.78 Å². The second-order valence-electron chi connectivity index (χ2n) is 8.63. The van der Waals surface area contributed by atoms with E-state index in [1.54, 1.807) is 17.8 Å². The van der Waals surface area contributed by atoms with Crippen molar-refractivity contribution in [3.8, 4) is 0 Å². The fourth-order valence-corrected chi connectivity index (χ4v) is 4.90. The van der Waals surface area contributed by atoms with E-state index in [1.807, 2.05) is 16.7 Å². The first-order valence-electron chi connectivity index (χ1n) is 11.0. The Morgan fingerprint density at radius 1 is 1.10 bits per heavy atom. The van der Waals surface area contributed by atoms with Gasteiger partial charge in [0, 0.05) is 45.0 Å². The number of nitrogens with zero attached hydrogens (tertiary/aromatic N) is 6. The van der Waals surface area contributed by atoms with Crippen LogP contribution in [-0.4, -0.2) is 57.2 Å². The van der Waals surface area contributed by atoms with Gasteiger partial charge in [0.2, 0.25) is 5.95 Å². The highest BCUT2D eigenvalue weighted by Gasteiger charge is 2.24. The van der Waals surface area contributed by atoms with Crippen molar-refractivity contribution in [2.75, 3.05) is 43.4 Å². The van der Waals surface area contributed by atoms with E-state index in [0.29, 0.717) is 16.6 Å². The van der Waals surface area contributed by atoms with Gasteiger partial charge in [0.15, 0.2) is 5.65 Å². The zero-order valence-electron chi connectivity index (χ0n) is 18.0. The fourth-order valence-electron chi connectivity index (χ4n) is 4.67. The van der Waals surface area contributed by atoms with Crippen LogP contribution in [0.15, 0.2) is 29.2 Å². The summed E-state index contributed by atoms with van der Waals surface area (Å²) < 4.78 is 3.47. The lowest BCUT2D eigenvalue weighted by Gasteiger charge is -2.34. The highest BCUT2D eigenvalue weighted by Crippen LogP contribution is 2.32. The number of anilines is 3. The third-order valence-corrected chi connectivity index (χ3v) is 6.90. The van der Waals surface area contributed by atoms with Gasteiger partial charge in [-0.15, -0.1) is 0 Å². The maximum Gasteiger partial charge on any atom is 0.330 e. The highest BCUT2D eigenvalue weighted by molar-refractivity contribution is 6.33. The molecular formula is C22H28ClN7O. The predicted octanol–water partition coefficient (Wildman–Crippen LogP) is 3.39. The molecule has 1 aliphatic heterocycles. The molecule has 0 radical (unpaired) electrons. The standard InChI is InChI=1S/C22H28ClN7O/c1-27-9-11-29(12-10-27)16-7-8-18(17(23)13-16)25-21-24-14-19-20(26-21)30(22(31)28(19)2)15-5-3-4-6-15/h7-8,13-15H,3-6,9-12H2,1-2H3,(H,24,25,26). The van der Waals surface area contributed by atoms with Crippen LogP contribution in [0.4, 0.5) is 17.3 Å². The molecule has 1 aromatic carbocycles. The summed E-state index contributed by atoms with van der Waals surface area (Å²) in [6, 6.07) is 6.25. The van der Waals surface area contributed by atoms with Crippen LogP contribution in [-0.2, 0) is 7.05 Å². The molecule has 1 aliphatic carbocycles. The smallest absolute Gasteiger partial charge is 0.330 e. The number of fused-ring (bicyclic) bond motifs is 1. The topological polar surface area (TPSA) is 71.2 Å². The van der Waals surface area contributed by atoms with Crippen LogP contribution in [0.1, 0.15) is 31.7 Å². The summed E-state index contributed by atoms with van der Waals surface area (Å²) in [5.41, 5.74) is 3.28. The third-order valence-electron chi connectivity index (χ3n) is 6.59. The largest absolute Gasteiger partial charge is 0.369 e. The van der Waals surface area contributed by atoms with Crippen molar-refractivity contribution in [1.82, 2.24) is 24.0 Å². The molecule has 0 atom stereocenters. The van der Waals surface area contributed by atoms with E-state index in [0.717, 1.165) is 68.8 Å². The normalized spacial score (nSPS) is 18.2. The van der Waals surface area contributed by atoms with Gasteiger partial charge in [0.05, 0.1) is 16.9 Å². The minimum absolute atomic E-state index is 0.0251. The second kappa shape index (κ2) is 8.16. The van der Waals surface area contributed by atoms with E-state index >= 15 is 0 Å². The predicted molar refractivity (Wildman–Crippen MR) is 125 cm³/mol. The number of imidazole rings is 1. The van der Waals surface area contributed by atoms with Crippen LogP contribution in [0.25, 0.3) is 11.2 Å². The van der Waals surface area contributed by atoms with Crippen molar-refractivity contribution in [1.29, 1.82) is 0 Å². The number of aryl methyl sites for hydroxylation is 1. The highest BCUT2D eigenvalue weighted by atomic mass is 35.5. The molecule has 1 saturated heterocycles. The Bertz CT molecular complexity index is 1160. The Morgan fingerprint density at radius 3 is 2.55 bits per heavy atom. The third kappa shape index (κ3) is 3.78. The van der Waals surface area contributed by atoms with Gasteiger partial charge in [-0.1, -0.05) is 24.4 Å². The van der Waals surface area contributed by atoms with Gasteiger partial charge >= 0.3 is 5.69 Å². The van der Waals surface area contributed by atoms with Crippen LogP contribution >= 0.6 is 11.6 Å². The van der Waals surface area contributed by atoms with Crippen molar-refractivity contribution in [2.45, 2.75) is 31.7 Å². The summed E-state index contributed by atoms with van der Waals surface area (Å²) in [5.74, 6) is 0.444. The average molecular weight is 442 g/mol. The molecule has 5 rings (SSSR count). The first-order valence-corrected chi connectivity index (χ1v) is 11.3. The molecule has 3 heterocycles. The van der Waals surface area contributed by atoms with E-state index in [-0.39, 0.29) is 11.7 Å². The van der Waals surface area contributed by atoms with Gasteiger partial charge in [-0.2, -0.15) is 4.98 Å². The van der Waals surface area contributed by atoms with Crippen molar-refractivity contribution in [3.63, 3.8) is 0 Å². The molecule has 0 bridgehead atoms. The first-order chi connectivity index (χ1) is 15.0. The monoisotopic (exact) mass is 441 g/mol. The van der Waals surface area contributed by atoms with Crippen molar-refractivity contribution < 1.29 is 0 Å². The minimum atomic E-state index is -0.0251. The number of likely N-dealkylation sites (N-methyl/N-ethyl adjacent to an activating group) is 1. The van der Waals surface area contributed by atoms with Gasteiger partial charge in [-0.05, 0) is 38.1 Å². The first kappa shape index (κ1) is 20.3. The van der Waals surface area contributed by atoms with Crippen LogP contribution in [0.2, 0.25) is 5.02 Å². The number of piperazine rings is 1. The molecular weight excluding hydrogens is 414 g/mol. The molecule has 164 valence electrons. The van der Waals surface area contributed by atoms with E-state index in [2.05, 4.69) is 33.2 Å². The molecule has 2 aromatic heterocycles. The lowest BCUT2D eigenvalue weighted by Crippen LogP contribution is -2.44. The van der Waals surface area contributed by atoms with Gasteiger partial charge in [0.1, 0.15) is 5.52 Å². The molecule has 2 fully saturated rings. The van der Waals surface area contributed by atoms with Crippen molar-refractivity contribution in [3.05, 3.63) is 39.9 Å². The minimum Gasteiger partial charge on any atom is -0.369 e. The summed E-state index contributed by atoms with van der Waals surface area (Å²) in [6.07, 6.45) is 6.05. The number of aromatic nitrogens is 4. The number of hydrogen-bond donors (Lipinski definition) is 1. The molecule has 9 heteroatoms. The fraction of sp³-hybridized carbons (Fsp3) is 0.500. The molecule has 0 unspecified atom stereocenters. The van der Waals surface area contributed by atoms with Gasteiger partial charge in [0.25, 0.3) is 0 Å². The summed E-state index contributed by atoms with van der Waals surface area (Å²) in [6.45, 7) is 4.08. The van der Waals surface area contributed by atoms with E-state index in [9.17, 15) is 4.79 Å². The molecule has 8 nitrogen and oxygen atoms in total. The Balaban J connectivity index is 1.42. The molecule has 0 amide bonds. The van der Waals surface area contributed by atoms with E-state index < -0.39 is 0 Å². The molecule has 2 aliphatic rings. The summed E-state index contributed by atoms with van der Waals surface area (Å²) in [4.78, 5) is 26.6. The molecule has 1 N–H and O–H groups in total. The van der Waals surface area contributed by atoms with E-state index in [4.69, 9.17) is 16.6 Å². The Kier molecular flexibility index (Phi) is 5.35. The number of benzene rings is 1. The quantitative estimate of drug-likeness (QED) is 0.669. The van der Waals surface area contributed by atoms with Crippen LogP contribution in [0.3, 0.4) is 0 Å².